The number of benzene rings is 1. The summed E-state index contributed by atoms with van der Waals surface area (Å²) >= 11 is 11.5. The predicted octanol–water partition coefficient (Wildman–Crippen LogP) is 4.22. The molecule has 0 fully saturated rings. The van der Waals surface area contributed by atoms with Crippen LogP contribution in [-0.2, 0) is 16.9 Å². The molecule has 1 heterocycles. The molecule has 0 bridgehead atoms. The number of halogens is 5. The summed E-state index contributed by atoms with van der Waals surface area (Å²) in [5.41, 5.74) is -0.634. The molecule has 6 nitrogen and oxygen atoms in total. The number of aromatic nitrogens is 2. The van der Waals surface area contributed by atoms with Gasteiger partial charge in [0, 0.05) is 6.20 Å². The van der Waals surface area contributed by atoms with Gasteiger partial charge in [-0.2, -0.15) is 13.2 Å². The van der Waals surface area contributed by atoms with Gasteiger partial charge in [-0.25, -0.2) is 9.97 Å². The van der Waals surface area contributed by atoms with E-state index in [2.05, 4.69) is 15.3 Å². The van der Waals surface area contributed by atoms with Gasteiger partial charge < -0.3 is 15.1 Å². The molecule has 1 aromatic carbocycles. The SMILES string of the molecule is O=P(O)(O)Cc1ccc(Nc2ncc(C(F)(F)F)c(Cl)n2)c(Cl)c1. The van der Waals surface area contributed by atoms with Crippen molar-refractivity contribution in [2.45, 2.75) is 12.3 Å². The molecular weight excluding hydrogens is 393 g/mol. The third-order valence-corrected chi connectivity index (χ3v) is 4.09. The van der Waals surface area contributed by atoms with E-state index in [1.54, 1.807) is 0 Å². The van der Waals surface area contributed by atoms with Crippen LogP contribution in [0.1, 0.15) is 11.1 Å². The highest BCUT2D eigenvalue weighted by atomic mass is 35.5. The van der Waals surface area contributed by atoms with E-state index in [-0.39, 0.29) is 16.7 Å². The zero-order valence-corrected chi connectivity index (χ0v) is 14.0. The lowest BCUT2D eigenvalue weighted by Crippen LogP contribution is -2.09. The fraction of sp³-hybridized carbons (Fsp3) is 0.167. The highest BCUT2D eigenvalue weighted by Crippen LogP contribution is 2.40. The Kier molecular flexibility index (Phi) is 5.41. The third kappa shape index (κ3) is 5.06. The van der Waals surface area contributed by atoms with Crippen LogP contribution >= 0.6 is 30.8 Å². The zero-order chi connectivity index (χ0) is 18.1. The smallest absolute Gasteiger partial charge is 0.324 e. The Hall–Kier alpha value is -1.38. The lowest BCUT2D eigenvalue weighted by Gasteiger charge is -2.11. The fourth-order valence-electron chi connectivity index (χ4n) is 1.73. The Morgan fingerprint density at radius 2 is 1.92 bits per heavy atom. The molecule has 0 unspecified atom stereocenters. The summed E-state index contributed by atoms with van der Waals surface area (Å²) in [6.45, 7) is 0. The second-order valence-electron chi connectivity index (χ2n) is 4.66. The van der Waals surface area contributed by atoms with Crippen molar-refractivity contribution < 1.29 is 27.5 Å². The van der Waals surface area contributed by atoms with Crippen molar-refractivity contribution in [2.24, 2.45) is 0 Å². The average molecular weight is 402 g/mol. The second-order valence-corrected chi connectivity index (χ2v) is 7.07. The van der Waals surface area contributed by atoms with Crippen LogP contribution in [0.5, 0.6) is 0 Å². The number of hydrogen-bond acceptors (Lipinski definition) is 4. The first kappa shape index (κ1) is 19.0. The maximum Gasteiger partial charge on any atom is 0.420 e. The molecule has 2 rings (SSSR count). The van der Waals surface area contributed by atoms with E-state index in [1.807, 2.05) is 0 Å². The Morgan fingerprint density at radius 3 is 2.42 bits per heavy atom. The molecule has 1 aromatic heterocycles. The maximum atomic E-state index is 12.6. The summed E-state index contributed by atoms with van der Waals surface area (Å²) in [6, 6.07) is 4.11. The largest absolute Gasteiger partial charge is 0.420 e. The predicted molar refractivity (Wildman–Crippen MR) is 82.5 cm³/mol. The van der Waals surface area contributed by atoms with Crippen molar-refractivity contribution >= 4 is 42.4 Å². The van der Waals surface area contributed by atoms with Gasteiger partial charge in [0.25, 0.3) is 0 Å². The molecule has 2 aromatic rings. The normalized spacial score (nSPS) is 12.3. The van der Waals surface area contributed by atoms with E-state index in [0.717, 1.165) is 0 Å². The lowest BCUT2D eigenvalue weighted by atomic mass is 10.2. The quantitative estimate of drug-likeness (QED) is 0.524. The van der Waals surface area contributed by atoms with Crippen molar-refractivity contribution in [2.75, 3.05) is 5.32 Å². The van der Waals surface area contributed by atoms with Gasteiger partial charge in [0.05, 0.1) is 16.9 Å². The van der Waals surface area contributed by atoms with E-state index in [9.17, 15) is 17.7 Å². The number of hydrogen-bond donors (Lipinski definition) is 3. The van der Waals surface area contributed by atoms with Gasteiger partial charge in [-0.3, -0.25) is 4.57 Å². The van der Waals surface area contributed by atoms with Crippen LogP contribution in [-0.4, -0.2) is 19.8 Å². The van der Waals surface area contributed by atoms with Gasteiger partial charge in [0.15, 0.2) is 0 Å². The van der Waals surface area contributed by atoms with Gasteiger partial charge >= 0.3 is 13.8 Å². The van der Waals surface area contributed by atoms with Gasteiger partial charge in [-0.05, 0) is 17.7 Å². The highest BCUT2D eigenvalue weighted by Gasteiger charge is 2.34. The maximum absolute atomic E-state index is 12.6. The summed E-state index contributed by atoms with van der Waals surface area (Å²) in [5, 5.41) is 1.90. The average Bonchev–Trinajstić information content (AvgIpc) is 2.38. The topological polar surface area (TPSA) is 95.3 Å². The molecule has 24 heavy (non-hydrogen) atoms. The van der Waals surface area contributed by atoms with Crippen LogP contribution in [0.25, 0.3) is 0 Å². The van der Waals surface area contributed by atoms with Gasteiger partial charge in [-0.15, -0.1) is 0 Å². The lowest BCUT2D eigenvalue weighted by molar-refractivity contribution is -0.137. The van der Waals surface area contributed by atoms with E-state index < -0.39 is 30.7 Å². The van der Waals surface area contributed by atoms with E-state index >= 15 is 0 Å². The Bertz CT molecular complexity index is 814. The summed E-state index contributed by atoms with van der Waals surface area (Å²) in [4.78, 5) is 24.8. The first-order chi connectivity index (χ1) is 11.0. The number of rotatable bonds is 4. The highest BCUT2D eigenvalue weighted by molar-refractivity contribution is 7.50. The Balaban J connectivity index is 2.23. The molecule has 0 spiro atoms. The van der Waals surface area contributed by atoms with Gasteiger partial charge in [-0.1, -0.05) is 29.3 Å². The third-order valence-electron chi connectivity index (χ3n) is 2.72. The molecule has 0 aliphatic carbocycles. The monoisotopic (exact) mass is 401 g/mol. The summed E-state index contributed by atoms with van der Waals surface area (Å²) in [6.07, 6.45) is -4.62. The van der Waals surface area contributed by atoms with Crippen LogP contribution in [0, 0.1) is 0 Å². The molecule has 0 saturated carbocycles. The molecule has 12 heteroatoms. The van der Waals surface area contributed by atoms with Crippen molar-refractivity contribution in [1.29, 1.82) is 0 Å². The van der Waals surface area contributed by atoms with E-state index in [1.165, 1.54) is 18.2 Å². The van der Waals surface area contributed by atoms with Crippen LogP contribution in [0.4, 0.5) is 24.8 Å². The number of anilines is 2. The molecule has 0 saturated heterocycles. The minimum absolute atomic E-state index is 0.0839. The fourth-order valence-corrected chi connectivity index (χ4v) is 2.89. The summed E-state index contributed by atoms with van der Waals surface area (Å²) in [7, 11) is -4.24. The van der Waals surface area contributed by atoms with Crippen LogP contribution < -0.4 is 5.32 Å². The molecule has 0 amide bonds. The van der Waals surface area contributed by atoms with Crippen LogP contribution in [0.2, 0.25) is 10.2 Å². The van der Waals surface area contributed by atoms with Gasteiger partial charge in [0.1, 0.15) is 10.7 Å². The molecule has 3 N–H and O–H groups in total. The van der Waals surface area contributed by atoms with Crippen LogP contribution in [0.15, 0.2) is 24.4 Å². The van der Waals surface area contributed by atoms with Crippen LogP contribution in [0.3, 0.4) is 0 Å². The number of alkyl halides is 3. The van der Waals surface area contributed by atoms with Crippen molar-refractivity contribution in [3.8, 4) is 0 Å². The zero-order valence-electron chi connectivity index (χ0n) is 11.6. The Labute approximate surface area is 143 Å². The second kappa shape index (κ2) is 6.85. The standard InChI is InChI=1S/C12H9Cl2F3N3O3P/c13-8-3-6(5-24(21,22)23)1-2-9(8)19-11-18-4-7(10(14)20-11)12(15,16)17/h1-4H,5H2,(H,18,19,20)(H2,21,22,23). The first-order valence-corrected chi connectivity index (χ1v) is 8.71. The minimum atomic E-state index is -4.67. The van der Waals surface area contributed by atoms with E-state index in [4.69, 9.17) is 33.0 Å². The molecule has 0 aliphatic rings. The summed E-state index contributed by atoms with van der Waals surface area (Å²) in [5.74, 6) is -0.211. The summed E-state index contributed by atoms with van der Waals surface area (Å²) < 4.78 is 48.7. The van der Waals surface area contributed by atoms with Crippen molar-refractivity contribution in [3.63, 3.8) is 0 Å². The molecule has 0 radical (unpaired) electrons. The van der Waals surface area contributed by atoms with E-state index in [0.29, 0.717) is 11.8 Å². The van der Waals surface area contributed by atoms with Gasteiger partial charge in [0.2, 0.25) is 5.95 Å². The Morgan fingerprint density at radius 1 is 1.25 bits per heavy atom. The molecule has 0 aliphatic heterocycles. The van der Waals surface area contributed by atoms with Crippen molar-refractivity contribution in [3.05, 3.63) is 45.7 Å². The molecular formula is C12H9Cl2F3N3O3P. The molecule has 130 valence electrons. The first-order valence-electron chi connectivity index (χ1n) is 6.15. The number of nitrogens with zero attached hydrogens (tertiary/aromatic N) is 2. The molecule has 0 atom stereocenters. The van der Waals surface area contributed by atoms with Crippen molar-refractivity contribution in [1.82, 2.24) is 9.97 Å². The number of nitrogens with one attached hydrogen (secondary N) is 1. The minimum Gasteiger partial charge on any atom is -0.324 e.